The van der Waals surface area contributed by atoms with E-state index < -0.39 is 14.9 Å². The zero-order valence-electron chi connectivity index (χ0n) is 18.6. The topological polar surface area (TPSA) is 141 Å². The second-order valence-electron chi connectivity index (χ2n) is 7.51. The molecule has 12 nitrogen and oxygen atoms in total. The predicted octanol–water partition coefficient (Wildman–Crippen LogP) is 2.17. The van der Waals surface area contributed by atoms with E-state index in [0.29, 0.717) is 61.5 Å². The molecule has 4 rings (SSSR count). The molecule has 13 heteroatoms. The van der Waals surface area contributed by atoms with Gasteiger partial charge in [0.25, 0.3) is 5.69 Å². The molecule has 0 unspecified atom stereocenters. The van der Waals surface area contributed by atoms with Crippen LogP contribution in [0.1, 0.15) is 5.89 Å². The lowest BCUT2D eigenvalue weighted by Crippen LogP contribution is -2.48. The highest BCUT2D eigenvalue weighted by Gasteiger charge is 2.30. The molecule has 1 saturated heterocycles. The number of nitro benzene ring substituents is 1. The Morgan fingerprint density at radius 2 is 1.71 bits per heavy atom. The second-order valence-corrected chi connectivity index (χ2v) is 9.45. The first-order valence-electron chi connectivity index (χ1n) is 10.3. The van der Waals surface area contributed by atoms with Crippen LogP contribution in [0.3, 0.4) is 0 Å². The second kappa shape index (κ2) is 9.75. The predicted molar refractivity (Wildman–Crippen MR) is 120 cm³/mol. The average molecular weight is 490 g/mol. The van der Waals surface area contributed by atoms with Crippen LogP contribution in [0.2, 0.25) is 0 Å². The summed E-state index contributed by atoms with van der Waals surface area (Å²) in [5.41, 5.74) is 0.583. The number of rotatable bonds is 8. The zero-order valence-corrected chi connectivity index (χ0v) is 19.4. The van der Waals surface area contributed by atoms with Crippen LogP contribution < -0.4 is 9.47 Å². The molecule has 1 aromatic heterocycles. The molecule has 1 aliphatic heterocycles. The molecule has 0 saturated carbocycles. The summed E-state index contributed by atoms with van der Waals surface area (Å²) >= 11 is 0. The highest BCUT2D eigenvalue weighted by Crippen LogP contribution is 2.31. The molecule has 0 amide bonds. The van der Waals surface area contributed by atoms with E-state index in [1.165, 1.54) is 42.8 Å². The maximum Gasteiger partial charge on any atom is 0.269 e. The van der Waals surface area contributed by atoms with Crippen molar-refractivity contribution < 1.29 is 27.3 Å². The molecule has 0 spiro atoms. The standard InChI is InChI=1S/C21H23N5O7S/c1-31-18-8-7-17(13-19(18)32-2)34(29,30)25-11-9-24(10-12-25)14-20-22-21(23-33-20)15-3-5-16(6-4-15)26(27)28/h3-8,13H,9-12,14H2,1-2H3. The van der Waals surface area contributed by atoms with Gasteiger partial charge in [-0.05, 0) is 24.3 Å². The fraction of sp³-hybridized carbons (Fsp3) is 0.333. The van der Waals surface area contributed by atoms with E-state index in [1.807, 2.05) is 4.90 Å². The summed E-state index contributed by atoms with van der Waals surface area (Å²) < 4.78 is 43.3. The van der Waals surface area contributed by atoms with E-state index in [9.17, 15) is 18.5 Å². The molecule has 0 aliphatic carbocycles. The molecule has 180 valence electrons. The van der Waals surface area contributed by atoms with Gasteiger partial charge in [-0.2, -0.15) is 9.29 Å². The summed E-state index contributed by atoms with van der Waals surface area (Å²) in [4.78, 5) is 16.8. The molecule has 34 heavy (non-hydrogen) atoms. The molecule has 2 heterocycles. The van der Waals surface area contributed by atoms with Crippen molar-refractivity contribution in [2.24, 2.45) is 0 Å². The third-order valence-electron chi connectivity index (χ3n) is 5.49. The first kappa shape index (κ1) is 23.6. The van der Waals surface area contributed by atoms with Crippen LogP contribution >= 0.6 is 0 Å². The van der Waals surface area contributed by atoms with Crippen LogP contribution in [-0.4, -0.2) is 73.1 Å². The van der Waals surface area contributed by atoms with Crippen LogP contribution in [-0.2, 0) is 16.6 Å². The number of nitrogens with zero attached hydrogens (tertiary/aromatic N) is 5. The van der Waals surface area contributed by atoms with Gasteiger partial charge in [-0.25, -0.2) is 8.42 Å². The summed E-state index contributed by atoms with van der Waals surface area (Å²) in [6, 6.07) is 10.4. The van der Waals surface area contributed by atoms with E-state index in [2.05, 4.69) is 10.1 Å². The summed E-state index contributed by atoms with van der Waals surface area (Å²) in [6.45, 7) is 1.95. The normalized spacial score (nSPS) is 15.2. The first-order chi connectivity index (χ1) is 16.3. The quantitative estimate of drug-likeness (QED) is 0.341. The summed E-state index contributed by atoms with van der Waals surface area (Å²) in [6.07, 6.45) is 0. The van der Waals surface area contributed by atoms with Crippen molar-refractivity contribution in [2.45, 2.75) is 11.4 Å². The Balaban J connectivity index is 1.37. The van der Waals surface area contributed by atoms with Gasteiger partial charge in [-0.3, -0.25) is 15.0 Å². The van der Waals surface area contributed by atoms with Gasteiger partial charge < -0.3 is 14.0 Å². The molecule has 1 fully saturated rings. The molecule has 1 aliphatic rings. The minimum atomic E-state index is -3.69. The Morgan fingerprint density at radius 1 is 1.03 bits per heavy atom. The lowest BCUT2D eigenvalue weighted by atomic mass is 10.2. The molecule has 0 bridgehead atoms. The third kappa shape index (κ3) is 4.85. The van der Waals surface area contributed by atoms with Crippen molar-refractivity contribution in [1.82, 2.24) is 19.3 Å². The number of sulfonamides is 1. The number of non-ortho nitro benzene ring substituents is 1. The largest absolute Gasteiger partial charge is 0.493 e. The van der Waals surface area contributed by atoms with Gasteiger partial charge in [0, 0.05) is 49.9 Å². The fourth-order valence-electron chi connectivity index (χ4n) is 3.61. The van der Waals surface area contributed by atoms with Gasteiger partial charge in [-0.15, -0.1) is 0 Å². The minimum Gasteiger partial charge on any atom is -0.493 e. The van der Waals surface area contributed by atoms with E-state index in [0.717, 1.165) is 0 Å². The van der Waals surface area contributed by atoms with Gasteiger partial charge in [-0.1, -0.05) is 5.16 Å². The maximum atomic E-state index is 13.1. The highest BCUT2D eigenvalue weighted by molar-refractivity contribution is 7.89. The van der Waals surface area contributed by atoms with Gasteiger partial charge >= 0.3 is 0 Å². The number of nitro groups is 1. The average Bonchev–Trinajstić information content (AvgIpc) is 3.32. The Bertz CT molecular complexity index is 1270. The number of ether oxygens (including phenoxy) is 2. The van der Waals surface area contributed by atoms with Gasteiger partial charge in [0.1, 0.15) is 0 Å². The van der Waals surface area contributed by atoms with Gasteiger partial charge in [0.15, 0.2) is 11.5 Å². The molecule has 0 atom stereocenters. The van der Waals surface area contributed by atoms with Gasteiger partial charge in [0.2, 0.25) is 21.7 Å². The number of methoxy groups -OCH3 is 2. The van der Waals surface area contributed by atoms with Crippen LogP contribution in [0.15, 0.2) is 51.9 Å². The molecule has 2 aromatic carbocycles. The van der Waals surface area contributed by atoms with Crippen LogP contribution in [0.5, 0.6) is 11.5 Å². The van der Waals surface area contributed by atoms with Crippen molar-refractivity contribution >= 4 is 15.7 Å². The number of aromatic nitrogens is 2. The summed E-state index contributed by atoms with van der Waals surface area (Å²) in [5.74, 6) is 1.52. The Labute approximate surface area is 195 Å². The van der Waals surface area contributed by atoms with Crippen LogP contribution in [0.4, 0.5) is 5.69 Å². The van der Waals surface area contributed by atoms with Crippen LogP contribution in [0, 0.1) is 10.1 Å². The Morgan fingerprint density at radius 3 is 2.32 bits per heavy atom. The molecule has 0 N–H and O–H groups in total. The first-order valence-corrected chi connectivity index (χ1v) is 11.8. The Hall–Kier alpha value is -3.55. The number of piperazine rings is 1. The summed E-state index contributed by atoms with van der Waals surface area (Å²) in [7, 11) is -0.740. The summed E-state index contributed by atoms with van der Waals surface area (Å²) in [5, 5.41) is 14.7. The van der Waals surface area contributed by atoms with Crippen molar-refractivity contribution in [3.63, 3.8) is 0 Å². The molecule has 3 aromatic rings. The highest BCUT2D eigenvalue weighted by atomic mass is 32.2. The van der Waals surface area contributed by atoms with Crippen molar-refractivity contribution in [2.75, 3.05) is 40.4 Å². The minimum absolute atomic E-state index is 0.0200. The van der Waals surface area contributed by atoms with E-state index >= 15 is 0 Å². The SMILES string of the molecule is COc1ccc(S(=O)(=O)N2CCN(Cc3nc(-c4ccc([N+](=O)[O-])cc4)no3)CC2)cc1OC. The number of hydrogen-bond acceptors (Lipinski definition) is 10. The monoisotopic (exact) mass is 489 g/mol. The fourth-order valence-corrected chi connectivity index (χ4v) is 5.05. The van der Waals surface area contributed by atoms with Crippen molar-refractivity contribution in [3.05, 3.63) is 58.5 Å². The van der Waals surface area contributed by atoms with E-state index in [4.69, 9.17) is 14.0 Å². The van der Waals surface area contributed by atoms with Crippen molar-refractivity contribution in [3.8, 4) is 22.9 Å². The van der Waals surface area contributed by atoms with E-state index in [1.54, 1.807) is 18.2 Å². The number of benzene rings is 2. The smallest absolute Gasteiger partial charge is 0.269 e. The molecule has 0 radical (unpaired) electrons. The zero-order chi connectivity index (χ0) is 24.3. The Kier molecular flexibility index (Phi) is 6.77. The lowest BCUT2D eigenvalue weighted by Gasteiger charge is -2.33. The van der Waals surface area contributed by atoms with E-state index in [-0.39, 0.29) is 10.6 Å². The molecular formula is C21H23N5O7S. The van der Waals surface area contributed by atoms with Gasteiger partial charge in [0.05, 0.1) is 30.6 Å². The van der Waals surface area contributed by atoms with Crippen molar-refractivity contribution in [1.29, 1.82) is 0 Å². The maximum absolute atomic E-state index is 13.1. The molecular weight excluding hydrogens is 466 g/mol. The van der Waals surface area contributed by atoms with Crippen LogP contribution in [0.25, 0.3) is 11.4 Å². The number of hydrogen-bond donors (Lipinski definition) is 0. The third-order valence-corrected chi connectivity index (χ3v) is 7.38. The lowest BCUT2D eigenvalue weighted by molar-refractivity contribution is -0.384.